The maximum atomic E-state index is 14.2. The predicted molar refractivity (Wildman–Crippen MR) is 75.2 cm³/mol. The number of carboxylic acids is 1. The van der Waals surface area contributed by atoms with Crippen molar-refractivity contribution >= 4 is 17.7 Å². The van der Waals surface area contributed by atoms with Crippen LogP contribution in [0.1, 0.15) is 19.4 Å². The fraction of sp³-hybridized carbons (Fsp3) is 0.400. The summed E-state index contributed by atoms with van der Waals surface area (Å²) < 4.78 is 33.9. The van der Waals surface area contributed by atoms with Gasteiger partial charge in [0.15, 0.2) is 0 Å². The van der Waals surface area contributed by atoms with Crippen molar-refractivity contribution in [1.82, 2.24) is 0 Å². The molecule has 0 saturated carbocycles. The van der Waals surface area contributed by atoms with Gasteiger partial charge in [-0.15, -0.1) is 0 Å². The summed E-state index contributed by atoms with van der Waals surface area (Å²) in [4.78, 5) is 12.1. The summed E-state index contributed by atoms with van der Waals surface area (Å²) in [5, 5.41) is 8.53. The average molecular weight is 297 g/mol. The second-order valence-electron chi connectivity index (χ2n) is 5.17. The number of aliphatic carboxylic acids is 1. The van der Waals surface area contributed by atoms with E-state index in [1.807, 2.05) is 13.8 Å². The SMILES string of the molecule is C[C@@H]1CN(c2c(F)cc(/C=C/C(=O)O)cc2F)C[C@H](C)O1. The van der Waals surface area contributed by atoms with E-state index in [0.29, 0.717) is 13.1 Å². The van der Waals surface area contributed by atoms with Crippen molar-refractivity contribution in [3.8, 4) is 0 Å². The number of hydrogen-bond acceptors (Lipinski definition) is 3. The van der Waals surface area contributed by atoms with Crippen LogP contribution in [0, 0.1) is 11.6 Å². The number of rotatable bonds is 3. The number of morpholine rings is 1. The number of nitrogens with zero attached hydrogens (tertiary/aromatic N) is 1. The molecule has 0 unspecified atom stereocenters. The Balaban J connectivity index is 2.30. The first kappa shape index (κ1) is 15.4. The van der Waals surface area contributed by atoms with Crippen LogP contribution in [0.25, 0.3) is 6.08 Å². The lowest BCUT2D eigenvalue weighted by Gasteiger charge is -2.37. The van der Waals surface area contributed by atoms with Crippen LogP contribution in [0.5, 0.6) is 0 Å². The lowest BCUT2D eigenvalue weighted by Crippen LogP contribution is -2.46. The fourth-order valence-electron chi connectivity index (χ4n) is 2.51. The van der Waals surface area contributed by atoms with Gasteiger partial charge in [0.2, 0.25) is 0 Å². The topological polar surface area (TPSA) is 49.8 Å². The summed E-state index contributed by atoms with van der Waals surface area (Å²) in [6.45, 7) is 4.51. The van der Waals surface area contributed by atoms with E-state index in [1.54, 1.807) is 4.90 Å². The van der Waals surface area contributed by atoms with E-state index < -0.39 is 17.6 Å². The quantitative estimate of drug-likeness (QED) is 0.872. The van der Waals surface area contributed by atoms with Crippen molar-refractivity contribution in [2.45, 2.75) is 26.1 Å². The van der Waals surface area contributed by atoms with E-state index in [9.17, 15) is 13.6 Å². The van der Waals surface area contributed by atoms with Gasteiger partial charge in [-0.25, -0.2) is 13.6 Å². The third-order valence-corrected chi connectivity index (χ3v) is 3.19. The molecule has 1 saturated heterocycles. The van der Waals surface area contributed by atoms with Gasteiger partial charge in [0.05, 0.1) is 12.2 Å². The number of hydrogen-bond donors (Lipinski definition) is 1. The number of carbonyl (C=O) groups is 1. The predicted octanol–water partition coefficient (Wildman–Crippen LogP) is 2.68. The molecule has 21 heavy (non-hydrogen) atoms. The van der Waals surface area contributed by atoms with Crippen molar-refractivity contribution in [3.63, 3.8) is 0 Å². The maximum absolute atomic E-state index is 14.2. The highest BCUT2D eigenvalue weighted by atomic mass is 19.1. The van der Waals surface area contributed by atoms with Crippen LogP contribution in [-0.4, -0.2) is 36.4 Å². The van der Waals surface area contributed by atoms with Crippen molar-refractivity contribution in [2.24, 2.45) is 0 Å². The molecule has 1 fully saturated rings. The van der Waals surface area contributed by atoms with Gasteiger partial charge in [-0.3, -0.25) is 0 Å². The summed E-state index contributed by atoms with van der Waals surface area (Å²) in [5.41, 5.74) is 0.0787. The minimum atomic E-state index is -1.17. The molecule has 0 amide bonds. The first-order valence-corrected chi connectivity index (χ1v) is 6.67. The first-order chi connectivity index (χ1) is 9.86. The van der Waals surface area contributed by atoms with Gasteiger partial charge >= 0.3 is 5.97 Å². The highest BCUT2D eigenvalue weighted by Gasteiger charge is 2.26. The molecule has 1 aromatic carbocycles. The van der Waals surface area contributed by atoms with Crippen molar-refractivity contribution in [1.29, 1.82) is 0 Å². The summed E-state index contributed by atoms with van der Waals surface area (Å²) in [7, 11) is 0. The highest BCUT2D eigenvalue weighted by Crippen LogP contribution is 2.28. The smallest absolute Gasteiger partial charge is 0.328 e. The van der Waals surface area contributed by atoms with Gasteiger partial charge < -0.3 is 14.7 Å². The van der Waals surface area contributed by atoms with Gasteiger partial charge in [-0.05, 0) is 37.6 Å². The lowest BCUT2D eigenvalue weighted by molar-refractivity contribution is -0.131. The zero-order valence-electron chi connectivity index (χ0n) is 11.8. The van der Waals surface area contributed by atoms with E-state index in [0.717, 1.165) is 24.3 Å². The van der Waals surface area contributed by atoms with E-state index >= 15 is 0 Å². The largest absolute Gasteiger partial charge is 0.478 e. The Morgan fingerprint density at radius 2 is 1.81 bits per heavy atom. The number of carboxylic acid groups (broad SMARTS) is 1. The second-order valence-corrected chi connectivity index (χ2v) is 5.17. The Bertz CT molecular complexity index is 541. The standard InChI is InChI=1S/C15H17F2NO3/c1-9-7-18(8-10(2)21-9)15-12(16)5-11(6-13(15)17)3-4-14(19)20/h3-6,9-10H,7-8H2,1-2H3,(H,19,20)/b4-3+/t9-,10+. The van der Waals surface area contributed by atoms with Crippen molar-refractivity contribution < 1.29 is 23.4 Å². The van der Waals surface area contributed by atoms with Gasteiger partial charge in [-0.1, -0.05) is 0 Å². The van der Waals surface area contributed by atoms with Crippen LogP contribution in [0.4, 0.5) is 14.5 Å². The number of anilines is 1. The Morgan fingerprint density at radius 3 is 2.29 bits per heavy atom. The molecule has 1 aliphatic rings. The van der Waals surface area contributed by atoms with E-state index in [-0.39, 0.29) is 23.5 Å². The molecule has 1 aliphatic heterocycles. The van der Waals surface area contributed by atoms with Crippen LogP contribution < -0.4 is 4.90 Å². The molecule has 114 valence electrons. The third-order valence-electron chi connectivity index (χ3n) is 3.19. The maximum Gasteiger partial charge on any atom is 0.328 e. The molecule has 0 spiro atoms. The van der Waals surface area contributed by atoms with Crippen LogP contribution in [0.15, 0.2) is 18.2 Å². The molecule has 0 radical (unpaired) electrons. The zero-order chi connectivity index (χ0) is 15.6. The molecule has 0 aromatic heterocycles. The number of benzene rings is 1. The lowest BCUT2D eigenvalue weighted by atomic mass is 10.1. The van der Waals surface area contributed by atoms with Crippen molar-refractivity contribution in [2.75, 3.05) is 18.0 Å². The molecule has 0 bridgehead atoms. The monoisotopic (exact) mass is 297 g/mol. The minimum Gasteiger partial charge on any atom is -0.478 e. The third kappa shape index (κ3) is 3.78. The Morgan fingerprint density at radius 1 is 1.29 bits per heavy atom. The molecule has 4 nitrogen and oxygen atoms in total. The second kappa shape index (κ2) is 6.22. The van der Waals surface area contributed by atoms with E-state index in [4.69, 9.17) is 9.84 Å². The van der Waals surface area contributed by atoms with Crippen LogP contribution in [-0.2, 0) is 9.53 Å². The molecule has 1 heterocycles. The Labute approximate surface area is 121 Å². The minimum absolute atomic E-state index is 0.0931. The zero-order valence-corrected chi connectivity index (χ0v) is 11.8. The molecule has 2 atom stereocenters. The van der Waals surface area contributed by atoms with Gasteiger partial charge in [0, 0.05) is 19.2 Å². The molecule has 1 N–H and O–H groups in total. The molecule has 1 aromatic rings. The highest BCUT2D eigenvalue weighted by molar-refractivity contribution is 5.85. The first-order valence-electron chi connectivity index (χ1n) is 6.67. The molecular weight excluding hydrogens is 280 g/mol. The summed E-state index contributed by atoms with van der Waals surface area (Å²) >= 11 is 0. The normalized spacial score (nSPS) is 22.8. The van der Waals surface area contributed by atoms with E-state index in [1.165, 1.54) is 0 Å². The van der Waals surface area contributed by atoms with Crippen LogP contribution >= 0.6 is 0 Å². The Kier molecular flexibility index (Phi) is 4.57. The number of ether oxygens (including phenoxy) is 1. The van der Waals surface area contributed by atoms with Crippen LogP contribution in [0.2, 0.25) is 0 Å². The van der Waals surface area contributed by atoms with E-state index in [2.05, 4.69) is 0 Å². The van der Waals surface area contributed by atoms with Crippen LogP contribution in [0.3, 0.4) is 0 Å². The molecule has 2 rings (SSSR count). The van der Waals surface area contributed by atoms with Crippen molar-refractivity contribution in [3.05, 3.63) is 35.4 Å². The summed E-state index contributed by atoms with van der Waals surface area (Å²) in [5.74, 6) is -2.58. The number of halogens is 2. The summed E-state index contributed by atoms with van der Waals surface area (Å²) in [6, 6.07) is 2.26. The Hall–Kier alpha value is -1.95. The average Bonchev–Trinajstić information content (AvgIpc) is 2.34. The summed E-state index contributed by atoms with van der Waals surface area (Å²) in [6.07, 6.45) is 1.77. The van der Waals surface area contributed by atoms with Gasteiger partial charge in [-0.2, -0.15) is 0 Å². The van der Waals surface area contributed by atoms with Gasteiger partial charge in [0.1, 0.15) is 17.3 Å². The molecular formula is C15H17F2NO3. The molecule has 6 heteroatoms. The molecule has 0 aliphatic carbocycles. The van der Waals surface area contributed by atoms with Gasteiger partial charge in [0.25, 0.3) is 0 Å². The fourth-order valence-corrected chi connectivity index (χ4v) is 2.51.